The monoisotopic (exact) mass is 523 g/mol. The first-order valence-corrected chi connectivity index (χ1v) is 14.1. The van der Waals surface area contributed by atoms with Crippen molar-refractivity contribution in [3.63, 3.8) is 0 Å². The van der Waals surface area contributed by atoms with Gasteiger partial charge in [-0.25, -0.2) is 9.18 Å². The van der Waals surface area contributed by atoms with Gasteiger partial charge in [0.15, 0.2) is 17.9 Å². The Bertz CT molecular complexity index is 891. The second-order valence-corrected chi connectivity index (χ2v) is 10.1. The minimum Gasteiger partial charge on any atom is -0.394 e. The Morgan fingerprint density at radius 3 is 2.03 bits per heavy atom. The number of anilines is 1. The molecule has 1 aromatic heterocycles. The minimum atomic E-state index is -1.18. The normalized spacial score (nSPS) is 19.5. The van der Waals surface area contributed by atoms with Crippen molar-refractivity contribution in [2.75, 3.05) is 11.9 Å². The maximum atomic E-state index is 14.5. The average Bonchev–Trinajstić information content (AvgIpc) is 3.16. The van der Waals surface area contributed by atoms with E-state index in [1.807, 2.05) is 0 Å². The Hall–Kier alpha value is -2.10. The maximum absolute atomic E-state index is 14.5. The van der Waals surface area contributed by atoms with E-state index in [0.29, 0.717) is 6.42 Å². The van der Waals surface area contributed by atoms with Crippen LogP contribution in [0.1, 0.15) is 116 Å². The first kappa shape index (κ1) is 31.1. The van der Waals surface area contributed by atoms with E-state index in [2.05, 4.69) is 23.8 Å². The predicted molar refractivity (Wildman–Crippen MR) is 143 cm³/mol. The van der Waals surface area contributed by atoms with Crippen LogP contribution in [0, 0.1) is 5.82 Å². The summed E-state index contributed by atoms with van der Waals surface area (Å²) in [5.74, 6) is -1.73. The molecule has 0 bridgehead atoms. The summed E-state index contributed by atoms with van der Waals surface area (Å²) in [5.41, 5.74) is -0.743. The number of aromatic nitrogens is 2. The molecule has 0 spiro atoms. The number of halogens is 1. The number of aliphatic hydroxyl groups excluding tert-OH is 2. The van der Waals surface area contributed by atoms with Crippen LogP contribution < -0.4 is 11.0 Å². The van der Waals surface area contributed by atoms with Crippen LogP contribution in [-0.4, -0.2) is 44.5 Å². The highest BCUT2D eigenvalue weighted by molar-refractivity contribution is 5.89. The van der Waals surface area contributed by atoms with Crippen LogP contribution in [0.5, 0.6) is 0 Å². The lowest BCUT2D eigenvalue weighted by Crippen LogP contribution is -2.30. The van der Waals surface area contributed by atoms with E-state index in [0.717, 1.165) is 30.0 Å². The van der Waals surface area contributed by atoms with Crippen molar-refractivity contribution in [1.29, 1.82) is 0 Å². The van der Waals surface area contributed by atoms with E-state index < -0.39 is 48.3 Å². The van der Waals surface area contributed by atoms with Crippen LogP contribution in [-0.2, 0) is 9.53 Å². The third-order valence-electron chi connectivity index (χ3n) is 6.96. The first-order chi connectivity index (χ1) is 17.9. The highest BCUT2D eigenvalue weighted by atomic mass is 19.1. The summed E-state index contributed by atoms with van der Waals surface area (Å²) in [5, 5.41) is 21.6. The Balaban J connectivity index is 1.58. The zero-order valence-corrected chi connectivity index (χ0v) is 22.4. The number of nitrogens with one attached hydrogen (secondary N) is 1. The zero-order chi connectivity index (χ0) is 27.0. The van der Waals surface area contributed by atoms with Gasteiger partial charge < -0.3 is 20.3 Å². The number of carbonyl (C=O) groups is 1. The molecule has 2 rings (SSSR count). The Morgan fingerprint density at radius 1 is 1.03 bits per heavy atom. The van der Waals surface area contributed by atoms with Gasteiger partial charge in [-0.2, -0.15) is 4.98 Å². The zero-order valence-electron chi connectivity index (χ0n) is 22.4. The summed E-state index contributed by atoms with van der Waals surface area (Å²) < 4.78 is 20.8. The molecule has 8 nitrogen and oxygen atoms in total. The van der Waals surface area contributed by atoms with Crippen molar-refractivity contribution in [2.45, 2.75) is 128 Å². The molecule has 0 aromatic carbocycles. The number of carbonyl (C=O) groups excluding carboxylic acids is 1. The van der Waals surface area contributed by atoms with Crippen molar-refractivity contribution in [2.24, 2.45) is 0 Å². The van der Waals surface area contributed by atoms with Crippen molar-refractivity contribution in [1.82, 2.24) is 9.55 Å². The second kappa shape index (κ2) is 17.4. The van der Waals surface area contributed by atoms with Gasteiger partial charge >= 0.3 is 5.69 Å². The molecular formula is C28H46FN3O5. The topological polar surface area (TPSA) is 114 Å². The number of amides is 1. The van der Waals surface area contributed by atoms with Gasteiger partial charge in [-0.15, -0.1) is 0 Å². The van der Waals surface area contributed by atoms with E-state index in [9.17, 15) is 24.2 Å². The van der Waals surface area contributed by atoms with Gasteiger partial charge in [0, 0.05) is 12.0 Å². The average molecular weight is 524 g/mol. The maximum Gasteiger partial charge on any atom is 0.352 e. The fraction of sp³-hybridized carbons (Fsp3) is 0.750. The van der Waals surface area contributed by atoms with Crippen molar-refractivity contribution in [3.05, 3.63) is 34.7 Å². The summed E-state index contributed by atoms with van der Waals surface area (Å²) in [4.78, 5) is 28.2. The third-order valence-corrected chi connectivity index (χ3v) is 6.96. The highest BCUT2D eigenvalue weighted by Gasteiger charge is 2.39. The van der Waals surface area contributed by atoms with E-state index in [-0.39, 0.29) is 12.0 Å². The number of ether oxygens (including phenoxy) is 1. The molecule has 1 aliphatic rings. The molecule has 0 unspecified atom stereocenters. The molecule has 1 amide bonds. The summed E-state index contributed by atoms with van der Waals surface area (Å²) in [6.45, 7) is 5.43. The van der Waals surface area contributed by atoms with Crippen LogP contribution in [0.25, 0.3) is 0 Å². The SMILES string of the molecule is C=C1[C@H](n2cc(F)c(NC(=O)CCCCCCCCCCCCCCCCC)nc2=O)O[C@H](CO)[C@H]1O. The third kappa shape index (κ3) is 10.7. The quantitative estimate of drug-likeness (QED) is 0.166. The van der Waals surface area contributed by atoms with Crippen LogP contribution in [0.4, 0.5) is 10.2 Å². The first-order valence-electron chi connectivity index (χ1n) is 14.1. The fourth-order valence-electron chi connectivity index (χ4n) is 4.65. The molecule has 37 heavy (non-hydrogen) atoms. The van der Waals surface area contributed by atoms with Gasteiger partial charge in [-0.1, -0.05) is 103 Å². The van der Waals surface area contributed by atoms with Crippen molar-refractivity contribution in [3.8, 4) is 0 Å². The smallest absolute Gasteiger partial charge is 0.352 e. The molecule has 1 saturated heterocycles. The van der Waals surface area contributed by atoms with E-state index in [1.165, 1.54) is 70.6 Å². The number of unbranched alkanes of at least 4 members (excludes halogenated alkanes) is 14. The predicted octanol–water partition coefficient (Wildman–Crippen LogP) is 5.39. The van der Waals surface area contributed by atoms with E-state index in [1.54, 1.807) is 0 Å². The number of nitrogens with zero attached hydrogens (tertiary/aromatic N) is 2. The Morgan fingerprint density at radius 2 is 1.54 bits per heavy atom. The molecule has 3 N–H and O–H groups in total. The van der Waals surface area contributed by atoms with Gasteiger partial charge in [0.2, 0.25) is 5.91 Å². The van der Waals surface area contributed by atoms with Gasteiger partial charge in [0.1, 0.15) is 12.2 Å². The molecule has 1 aromatic rings. The molecule has 1 fully saturated rings. The van der Waals surface area contributed by atoms with Crippen LogP contribution in [0.3, 0.4) is 0 Å². The Kier molecular flexibility index (Phi) is 14.6. The molecule has 210 valence electrons. The lowest BCUT2D eigenvalue weighted by atomic mass is 10.0. The highest BCUT2D eigenvalue weighted by Crippen LogP contribution is 2.32. The van der Waals surface area contributed by atoms with Gasteiger partial charge in [0.05, 0.1) is 12.8 Å². The number of aliphatic hydroxyl groups is 2. The second-order valence-electron chi connectivity index (χ2n) is 10.1. The van der Waals surface area contributed by atoms with Crippen LogP contribution in [0.2, 0.25) is 0 Å². The standard InChI is InChI=1S/C28H46FN3O5/c1-3-4-5-6-7-8-9-10-11-12-13-14-15-16-17-18-24(34)30-26-22(29)19-32(28(36)31-26)27-21(2)25(35)23(20-33)37-27/h19,23,25,27,33,35H,2-18,20H2,1H3,(H,30,31,34,36)/t23-,25+,27-/m1/s1. The van der Waals surface area contributed by atoms with Crippen molar-refractivity contribution >= 4 is 11.7 Å². The van der Waals surface area contributed by atoms with Crippen LogP contribution in [0.15, 0.2) is 23.1 Å². The molecule has 1 aliphatic heterocycles. The lowest BCUT2D eigenvalue weighted by molar-refractivity contribution is -0.116. The van der Waals surface area contributed by atoms with Crippen LogP contribution >= 0.6 is 0 Å². The minimum absolute atomic E-state index is 0.118. The lowest BCUT2D eigenvalue weighted by Gasteiger charge is -2.15. The number of hydrogen-bond donors (Lipinski definition) is 3. The van der Waals surface area contributed by atoms with Gasteiger partial charge in [0.25, 0.3) is 0 Å². The fourth-order valence-corrected chi connectivity index (χ4v) is 4.65. The van der Waals surface area contributed by atoms with Crippen molar-refractivity contribution < 1.29 is 24.1 Å². The molecule has 9 heteroatoms. The number of hydrogen-bond acceptors (Lipinski definition) is 6. The van der Waals surface area contributed by atoms with Gasteiger partial charge in [-0.3, -0.25) is 9.36 Å². The number of rotatable bonds is 19. The molecule has 0 radical (unpaired) electrons. The molecule has 0 aliphatic carbocycles. The molecule has 2 heterocycles. The van der Waals surface area contributed by atoms with E-state index >= 15 is 0 Å². The molecular weight excluding hydrogens is 477 g/mol. The van der Waals surface area contributed by atoms with Gasteiger partial charge in [-0.05, 0) is 6.42 Å². The van der Waals surface area contributed by atoms with E-state index in [4.69, 9.17) is 4.74 Å². The summed E-state index contributed by atoms with van der Waals surface area (Å²) in [6, 6.07) is 0. The largest absolute Gasteiger partial charge is 0.394 e. The molecule has 3 atom stereocenters. The molecule has 0 saturated carbocycles. The summed E-state index contributed by atoms with van der Waals surface area (Å²) in [7, 11) is 0. The summed E-state index contributed by atoms with van der Waals surface area (Å²) in [6.07, 6.45) is 16.3. The summed E-state index contributed by atoms with van der Waals surface area (Å²) >= 11 is 0. The Labute approximate surface area is 220 Å².